The molecule has 1 heterocycles. The maximum Gasteiger partial charge on any atom is 0.309 e. The lowest BCUT2D eigenvalue weighted by Gasteiger charge is -2.77. The minimum atomic E-state index is -1.04. The first kappa shape index (κ1) is 25.6. The van der Waals surface area contributed by atoms with E-state index in [2.05, 4.69) is 34.6 Å². The van der Waals surface area contributed by atoms with Crippen LogP contribution in [0.25, 0.3) is 0 Å². The van der Waals surface area contributed by atoms with Gasteiger partial charge in [-0.3, -0.25) is 4.79 Å². The first-order chi connectivity index (χ1) is 16.6. The summed E-state index contributed by atoms with van der Waals surface area (Å²) in [4.78, 5) is 12.4. The zero-order valence-corrected chi connectivity index (χ0v) is 23.6. The zero-order chi connectivity index (χ0) is 26.2. The van der Waals surface area contributed by atoms with Gasteiger partial charge in [0.1, 0.15) is 0 Å². The third-order valence-corrected chi connectivity index (χ3v) is 15.4. The highest BCUT2D eigenvalue weighted by Gasteiger charge is 2.79. The molecule has 0 aromatic heterocycles. The molecule has 6 fully saturated rings. The van der Waals surface area contributed by atoms with Crippen LogP contribution in [0.15, 0.2) is 0 Å². The lowest BCUT2D eigenvalue weighted by atomic mass is 9.27. The van der Waals surface area contributed by atoms with E-state index in [1.807, 2.05) is 6.92 Å². The summed E-state index contributed by atoms with van der Waals surface area (Å²) in [7, 11) is 0. The van der Waals surface area contributed by atoms with E-state index in [1.165, 1.54) is 12.8 Å². The first-order valence-electron chi connectivity index (χ1n) is 14.8. The van der Waals surface area contributed by atoms with E-state index < -0.39 is 17.2 Å². The van der Waals surface area contributed by atoms with Gasteiger partial charge in [0.15, 0.2) is 5.79 Å². The molecule has 1 spiro atoms. The summed E-state index contributed by atoms with van der Waals surface area (Å²) in [5, 5.41) is 32.8. The number of aliphatic carboxylic acids is 1. The Labute approximate surface area is 217 Å². The largest absolute Gasteiger partial charge is 0.481 e. The smallest absolute Gasteiger partial charge is 0.309 e. The van der Waals surface area contributed by atoms with E-state index in [0.717, 1.165) is 51.4 Å². The van der Waals surface area contributed by atoms with Crippen molar-refractivity contribution in [3.63, 3.8) is 0 Å². The summed E-state index contributed by atoms with van der Waals surface area (Å²) in [5.74, 6) is -0.721. The van der Waals surface area contributed by atoms with Crippen LogP contribution in [0.3, 0.4) is 0 Å². The number of hydrogen-bond donors (Lipinski definition) is 3. The highest BCUT2D eigenvalue weighted by atomic mass is 16.6. The number of hydrogen-bond acceptors (Lipinski definition) is 4. The van der Waals surface area contributed by atoms with Crippen molar-refractivity contribution in [2.45, 2.75) is 118 Å². The van der Waals surface area contributed by atoms with Gasteiger partial charge in [0.2, 0.25) is 0 Å². The summed E-state index contributed by atoms with van der Waals surface area (Å²) in [5.41, 5.74) is -0.624. The van der Waals surface area contributed by atoms with Gasteiger partial charge in [0.05, 0.1) is 12.0 Å². The van der Waals surface area contributed by atoms with E-state index in [-0.39, 0.29) is 45.0 Å². The van der Waals surface area contributed by atoms with Gasteiger partial charge in [-0.05, 0) is 105 Å². The Kier molecular flexibility index (Phi) is 5.05. The molecule has 11 atom stereocenters. The van der Waals surface area contributed by atoms with Gasteiger partial charge in [-0.2, -0.15) is 0 Å². The van der Waals surface area contributed by atoms with Crippen LogP contribution < -0.4 is 0 Å². The molecule has 2 bridgehead atoms. The van der Waals surface area contributed by atoms with E-state index in [0.29, 0.717) is 24.9 Å². The fraction of sp³-hybridized carbons (Fsp3) is 0.968. The number of carboxylic acids is 1. The maximum atomic E-state index is 12.4. The van der Waals surface area contributed by atoms with Crippen molar-refractivity contribution in [2.75, 3.05) is 13.2 Å². The SMILES string of the molecule is CC1C2(O)CCC3(CO)C4(C)CCC5(C)C6CC(C)(C(=O)O)CCC6(C)CCC5(C)C4CCC13CO2. The molecule has 1 saturated heterocycles. The topological polar surface area (TPSA) is 87.0 Å². The van der Waals surface area contributed by atoms with Crippen LogP contribution in [-0.2, 0) is 9.53 Å². The normalized spacial score (nSPS) is 61.9. The average Bonchev–Trinajstić information content (AvgIpc) is 2.99. The third kappa shape index (κ3) is 2.53. The van der Waals surface area contributed by atoms with Crippen LogP contribution in [0.1, 0.15) is 112 Å². The summed E-state index contributed by atoms with van der Waals surface area (Å²) >= 11 is 0. The molecule has 204 valence electrons. The molecule has 5 heteroatoms. The second-order valence-corrected chi connectivity index (χ2v) is 15.9. The van der Waals surface area contributed by atoms with E-state index in [1.54, 1.807) is 0 Å². The molecule has 36 heavy (non-hydrogen) atoms. The van der Waals surface area contributed by atoms with Crippen molar-refractivity contribution in [2.24, 2.45) is 55.7 Å². The van der Waals surface area contributed by atoms with Gasteiger partial charge in [0, 0.05) is 29.8 Å². The van der Waals surface area contributed by atoms with Gasteiger partial charge in [-0.25, -0.2) is 0 Å². The van der Waals surface area contributed by atoms with Crippen molar-refractivity contribution in [3.05, 3.63) is 0 Å². The van der Waals surface area contributed by atoms with Crippen LogP contribution in [0, 0.1) is 55.7 Å². The number of carbonyl (C=O) groups is 1. The Bertz CT molecular complexity index is 982. The van der Waals surface area contributed by atoms with E-state index in [4.69, 9.17) is 4.74 Å². The van der Waals surface area contributed by atoms with Gasteiger partial charge in [-0.1, -0.05) is 34.6 Å². The molecule has 6 aliphatic rings. The molecular weight excluding hydrogens is 452 g/mol. The first-order valence-corrected chi connectivity index (χ1v) is 14.8. The van der Waals surface area contributed by atoms with Gasteiger partial charge >= 0.3 is 5.97 Å². The predicted molar refractivity (Wildman–Crippen MR) is 138 cm³/mol. The molecule has 11 unspecified atom stereocenters. The minimum absolute atomic E-state index is 0.0178. The molecule has 5 nitrogen and oxygen atoms in total. The molecule has 5 aliphatic carbocycles. The quantitative estimate of drug-likeness (QED) is 0.430. The van der Waals surface area contributed by atoms with Crippen molar-refractivity contribution >= 4 is 5.97 Å². The summed E-state index contributed by atoms with van der Waals surface area (Å²) < 4.78 is 6.16. The van der Waals surface area contributed by atoms with E-state index >= 15 is 0 Å². The van der Waals surface area contributed by atoms with Crippen molar-refractivity contribution in [1.82, 2.24) is 0 Å². The van der Waals surface area contributed by atoms with Gasteiger partial charge in [0.25, 0.3) is 0 Å². The Morgan fingerprint density at radius 3 is 2.11 bits per heavy atom. The van der Waals surface area contributed by atoms with Gasteiger partial charge < -0.3 is 20.1 Å². The van der Waals surface area contributed by atoms with E-state index in [9.17, 15) is 20.1 Å². The molecule has 1 aliphatic heterocycles. The number of carboxylic acid groups (broad SMARTS) is 1. The lowest BCUT2D eigenvalue weighted by Crippen LogP contribution is -2.73. The zero-order valence-electron chi connectivity index (χ0n) is 23.6. The molecular formula is C31H50O5. The lowest BCUT2D eigenvalue weighted by molar-refractivity contribution is -0.305. The minimum Gasteiger partial charge on any atom is -0.481 e. The van der Waals surface area contributed by atoms with Crippen molar-refractivity contribution < 1.29 is 24.9 Å². The highest BCUT2D eigenvalue weighted by molar-refractivity contribution is 5.74. The van der Waals surface area contributed by atoms with Crippen LogP contribution in [0.4, 0.5) is 0 Å². The van der Waals surface area contributed by atoms with Crippen LogP contribution >= 0.6 is 0 Å². The van der Waals surface area contributed by atoms with Crippen molar-refractivity contribution in [3.8, 4) is 0 Å². The molecule has 5 saturated carbocycles. The van der Waals surface area contributed by atoms with Crippen LogP contribution in [0.2, 0.25) is 0 Å². The fourth-order valence-corrected chi connectivity index (χ4v) is 12.5. The number of aliphatic hydroxyl groups is 2. The highest BCUT2D eigenvalue weighted by Crippen LogP contribution is 2.82. The third-order valence-electron chi connectivity index (χ3n) is 15.4. The summed E-state index contributed by atoms with van der Waals surface area (Å²) in [6.07, 6.45) is 10.7. The second kappa shape index (κ2) is 7.10. The van der Waals surface area contributed by atoms with Crippen LogP contribution in [0.5, 0.6) is 0 Å². The maximum absolute atomic E-state index is 12.4. The fourth-order valence-electron chi connectivity index (χ4n) is 12.5. The van der Waals surface area contributed by atoms with Crippen molar-refractivity contribution in [1.29, 1.82) is 0 Å². The van der Waals surface area contributed by atoms with Crippen LogP contribution in [-0.4, -0.2) is 40.3 Å². The Morgan fingerprint density at radius 1 is 0.833 bits per heavy atom. The Hall–Kier alpha value is -0.650. The molecule has 3 N–H and O–H groups in total. The predicted octanol–water partition coefficient (Wildman–Crippen LogP) is 6.01. The second-order valence-electron chi connectivity index (χ2n) is 15.9. The summed E-state index contributed by atoms with van der Waals surface area (Å²) in [6, 6.07) is 0. The standard InChI is InChI=1S/C31H50O5/c1-20-29-8-7-21-26(4)12-11-24(2)9-10-25(3,23(33)34)17-22(24)27(26,5)13-14-28(21,6)30(29,18-32)15-16-31(20,35)36-19-29/h20-22,32,35H,7-19H2,1-6H3,(H,33,34). The number of fused-ring (bicyclic) bond motifs is 7. The monoisotopic (exact) mass is 502 g/mol. The Morgan fingerprint density at radius 2 is 1.44 bits per heavy atom. The molecule has 6 rings (SSSR count). The molecule has 0 amide bonds. The number of aliphatic hydroxyl groups excluding tert-OH is 1. The average molecular weight is 503 g/mol. The van der Waals surface area contributed by atoms with Gasteiger partial charge in [-0.15, -0.1) is 0 Å². The molecule has 0 radical (unpaired) electrons. The summed E-state index contributed by atoms with van der Waals surface area (Å²) in [6.45, 7) is 14.9. The number of ether oxygens (including phenoxy) is 1. The molecule has 0 aromatic rings. The number of rotatable bonds is 2. The Balaban J connectivity index is 1.44. The molecule has 0 aromatic carbocycles.